The number of fused-ring (bicyclic) bond motifs is 1. The van der Waals surface area contributed by atoms with E-state index < -0.39 is 11.4 Å². The fraction of sp³-hybridized carbons (Fsp3) is 0.344. The lowest BCUT2D eigenvalue weighted by Crippen LogP contribution is -2.36. The Kier molecular flexibility index (Phi) is 7.24. The van der Waals surface area contributed by atoms with Crippen molar-refractivity contribution in [3.8, 4) is 11.4 Å². The van der Waals surface area contributed by atoms with Crippen LogP contribution in [-0.2, 0) is 11.3 Å². The SMILES string of the molecule is Cc1ccc(CN2CCC(c3cnccn3)CC2c2ccc(-c3noc(=O)[nH]3)cc2)c2ccn(C(=O)OC(C)(C)C)c12. The molecule has 0 aliphatic carbocycles. The van der Waals surface area contributed by atoms with E-state index >= 15 is 0 Å². The number of piperidine rings is 1. The number of hydrogen-bond acceptors (Lipinski definition) is 8. The molecule has 0 saturated carbocycles. The lowest BCUT2D eigenvalue weighted by Gasteiger charge is -2.40. The van der Waals surface area contributed by atoms with Crippen molar-refractivity contribution in [1.29, 1.82) is 0 Å². The highest BCUT2D eigenvalue weighted by molar-refractivity contribution is 5.93. The molecule has 1 fully saturated rings. The van der Waals surface area contributed by atoms with Crippen LogP contribution in [0.4, 0.5) is 4.79 Å². The number of aromatic nitrogens is 5. The molecule has 10 heteroatoms. The third-order valence-corrected chi connectivity index (χ3v) is 7.83. The van der Waals surface area contributed by atoms with Crippen molar-refractivity contribution in [1.82, 2.24) is 29.6 Å². The van der Waals surface area contributed by atoms with Gasteiger partial charge in [0.25, 0.3) is 0 Å². The highest BCUT2D eigenvalue weighted by Gasteiger charge is 2.32. The van der Waals surface area contributed by atoms with E-state index in [4.69, 9.17) is 4.74 Å². The number of nitrogens with one attached hydrogen (secondary N) is 1. The van der Waals surface area contributed by atoms with Gasteiger partial charge in [-0.3, -0.25) is 28.9 Å². The molecule has 0 amide bonds. The van der Waals surface area contributed by atoms with Gasteiger partial charge >= 0.3 is 11.8 Å². The average molecular weight is 567 g/mol. The molecule has 5 aromatic rings. The predicted molar refractivity (Wildman–Crippen MR) is 158 cm³/mol. The van der Waals surface area contributed by atoms with Gasteiger partial charge in [-0.15, -0.1) is 0 Å². The van der Waals surface area contributed by atoms with Crippen molar-refractivity contribution >= 4 is 17.0 Å². The fourth-order valence-electron chi connectivity index (χ4n) is 5.87. The standard InChI is InChI=1S/C32H34N6O4/c1-20-5-6-24(25-12-16-38(28(20)25)31(40)41-32(2,3)4)19-37-15-11-23(26-18-33-13-14-34-26)17-27(37)21-7-9-22(10-8-21)29-35-30(39)42-36-29/h5-10,12-14,16,18,23,27H,11,15,17,19H2,1-4H3,(H,35,36,39). The van der Waals surface area contributed by atoms with Crippen LogP contribution in [0.5, 0.6) is 0 Å². The summed E-state index contributed by atoms with van der Waals surface area (Å²) in [6.45, 7) is 9.22. The number of aryl methyl sites for hydroxylation is 1. The third-order valence-electron chi connectivity index (χ3n) is 7.83. The van der Waals surface area contributed by atoms with Crippen LogP contribution < -0.4 is 5.76 Å². The van der Waals surface area contributed by atoms with Gasteiger partial charge in [-0.2, -0.15) is 0 Å². The van der Waals surface area contributed by atoms with E-state index in [1.54, 1.807) is 23.2 Å². The summed E-state index contributed by atoms with van der Waals surface area (Å²) in [5.41, 5.74) is 5.40. The van der Waals surface area contributed by atoms with E-state index in [-0.39, 0.29) is 18.1 Å². The Morgan fingerprint density at radius 3 is 2.62 bits per heavy atom. The van der Waals surface area contributed by atoms with Gasteiger partial charge < -0.3 is 4.74 Å². The minimum Gasteiger partial charge on any atom is -0.443 e. The molecule has 2 aromatic carbocycles. The first-order valence-corrected chi connectivity index (χ1v) is 14.2. The highest BCUT2D eigenvalue weighted by Crippen LogP contribution is 2.40. The minimum absolute atomic E-state index is 0.112. The fourth-order valence-corrected chi connectivity index (χ4v) is 5.87. The summed E-state index contributed by atoms with van der Waals surface area (Å²) in [5.74, 6) is 0.100. The molecule has 3 aromatic heterocycles. The molecule has 1 saturated heterocycles. The largest absolute Gasteiger partial charge is 0.443 e. The number of benzene rings is 2. The summed E-state index contributed by atoms with van der Waals surface area (Å²) in [4.78, 5) is 38.5. The summed E-state index contributed by atoms with van der Waals surface area (Å²) < 4.78 is 12.0. The maximum atomic E-state index is 13.0. The maximum absolute atomic E-state index is 13.0. The van der Waals surface area contributed by atoms with Crippen LogP contribution in [0.3, 0.4) is 0 Å². The first-order chi connectivity index (χ1) is 20.2. The molecule has 42 heavy (non-hydrogen) atoms. The van der Waals surface area contributed by atoms with E-state index in [0.717, 1.165) is 58.2 Å². The summed E-state index contributed by atoms with van der Waals surface area (Å²) in [7, 11) is 0. The van der Waals surface area contributed by atoms with Crippen molar-refractivity contribution in [2.75, 3.05) is 6.54 Å². The zero-order valence-corrected chi connectivity index (χ0v) is 24.2. The monoisotopic (exact) mass is 566 g/mol. The molecule has 2 atom stereocenters. The van der Waals surface area contributed by atoms with E-state index in [0.29, 0.717) is 12.4 Å². The lowest BCUT2D eigenvalue weighted by molar-refractivity contribution is 0.0544. The van der Waals surface area contributed by atoms with Crippen LogP contribution in [0.1, 0.15) is 68.0 Å². The second-order valence-electron chi connectivity index (χ2n) is 11.9. The molecule has 1 N–H and O–H groups in total. The Morgan fingerprint density at radius 1 is 1.12 bits per heavy atom. The quantitative estimate of drug-likeness (QED) is 0.276. The molecular formula is C32H34N6O4. The van der Waals surface area contributed by atoms with E-state index in [2.05, 4.69) is 53.8 Å². The van der Waals surface area contributed by atoms with Crippen LogP contribution in [0.25, 0.3) is 22.3 Å². The Bertz CT molecular complexity index is 1760. The van der Waals surface area contributed by atoms with E-state index in [1.807, 2.05) is 52.1 Å². The van der Waals surface area contributed by atoms with Crippen LogP contribution in [0.2, 0.25) is 0 Å². The molecule has 10 nitrogen and oxygen atoms in total. The second kappa shape index (κ2) is 11.0. The minimum atomic E-state index is -0.585. The van der Waals surface area contributed by atoms with Crippen LogP contribution in [0.15, 0.2) is 76.6 Å². The molecule has 0 radical (unpaired) electrons. The molecule has 1 aliphatic rings. The van der Waals surface area contributed by atoms with E-state index in [9.17, 15) is 9.59 Å². The zero-order valence-electron chi connectivity index (χ0n) is 24.2. The lowest BCUT2D eigenvalue weighted by atomic mass is 9.84. The Balaban J connectivity index is 1.33. The molecule has 0 bridgehead atoms. The van der Waals surface area contributed by atoms with Crippen molar-refractivity contribution < 1.29 is 14.1 Å². The van der Waals surface area contributed by atoms with Gasteiger partial charge in [0.2, 0.25) is 0 Å². The Hall–Kier alpha value is -4.57. The third kappa shape index (κ3) is 5.62. The predicted octanol–water partition coefficient (Wildman–Crippen LogP) is 5.99. The molecule has 2 unspecified atom stereocenters. The van der Waals surface area contributed by atoms with Crippen molar-refractivity contribution in [2.45, 2.75) is 64.6 Å². The number of likely N-dealkylation sites (tertiary alicyclic amines) is 1. The van der Waals surface area contributed by atoms with Gasteiger partial charge in [-0.1, -0.05) is 41.6 Å². The van der Waals surface area contributed by atoms with Crippen LogP contribution in [0, 0.1) is 6.92 Å². The summed E-state index contributed by atoms with van der Waals surface area (Å²) in [6, 6.07) is 14.4. The highest BCUT2D eigenvalue weighted by atomic mass is 16.6. The van der Waals surface area contributed by atoms with Gasteiger partial charge in [-0.25, -0.2) is 9.59 Å². The van der Waals surface area contributed by atoms with Gasteiger partial charge in [0.05, 0.1) is 11.2 Å². The van der Waals surface area contributed by atoms with Crippen molar-refractivity contribution in [3.63, 3.8) is 0 Å². The molecule has 6 rings (SSSR count). The Morgan fingerprint density at radius 2 is 1.93 bits per heavy atom. The topological polar surface area (TPSA) is 119 Å². The number of H-pyrrole nitrogens is 1. The first kappa shape index (κ1) is 27.6. The van der Waals surface area contributed by atoms with Gasteiger partial charge in [0.1, 0.15) is 5.60 Å². The normalized spacial score (nSPS) is 17.9. The molecule has 1 aliphatic heterocycles. The number of ether oxygens (including phenoxy) is 1. The second-order valence-corrected chi connectivity index (χ2v) is 11.9. The first-order valence-electron chi connectivity index (χ1n) is 14.2. The number of hydrogen-bond donors (Lipinski definition) is 1. The van der Waals surface area contributed by atoms with Gasteiger partial charge in [-0.05, 0) is 69.8 Å². The number of rotatable bonds is 5. The zero-order chi connectivity index (χ0) is 29.4. The summed E-state index contributed by atoms with van der Waals surface area (Å²) in [5, 5.41) is 4.86. The average Bonchev–Trinajstić information content (AvgIpc) is 3.62. The van der Waals surface area contributed by atoms with Crippen molar-refractivity contribution in [2.24, 2.45) is 0 Å². The number of aromatic amines is 1. The Labute approximate surface area is 243 Å². The van der Waals surface area contributed by atoms with Crippen molar-refractivity contribution in [3.05, 3.63) is 100 Å². The number of carbonyl (C=O) groups is 1. The van der Waals surface area contributed by atoms with E-state index in [1.165, 1.54) is 0 Å². The van der Waals surface area contributed by atoms with Gasteiger partial charge in [0.15, 0.2) is 5.82 Å². The smallest absolute Gasteiger partial charge is 0.439 e. The van der Waals surface area contributed by atoms with Crippen LogP contribution >= 0.6 is 0 Å². The molecule has 216 valence electrons. The molecule has 0 spiro atoms. The summed E-state index contributed by atoms with van der Waals surface area (Å²) in [6.07, 6.45) is 8.59. The molecular weight excluding hydrogens is 532 g/mol. The maximum Gasteiger partial charge on any atom is 0.439 e. The summed E-state index contributed by atoms with van der Waals surface area (Å²) >= 11 is 0. The van der Waals surface area contributed by atoms with Crippen LogP contribution in [-0.4, -0.2) is 47.8 Å². The molecule has 4 heterocycles. The number of nitrogens with zero attached hydrogens (tertiary/aromatic N) is 5. The van der Waals surface area contributed by atoms with Gasteiger partial charge in [0, 0.05) is 54.2 Å². The number of carbonyl (C=O) groups excluding carboxylic acids is 1.